The van der Waals surface area contributed by atoms with Crippen molar-refractivity contribution in [3.05, 3.63) is 47.5 Å². The average molecular weight is 319 g/mol. The molecule has 0 radical (unpaired) electrons. The lowest BCUT2D eigenvalue weighted by molar-refractivity contribution is 0.0792. The number of amides is 1. The van der Waals surface area contributed by atoms with Gasteiger partial charge in [-0.2, -0.15) is 5.10 Å². The van der Waals surface area contributed by atoms with Crippen LogP contribution in [0.4, 0.5) is 4.39 Å². The maximum atomic E-state index is 13.7. The quantitative estimate of drug-likeness (QED) is 0.934. The third-order valence-electron chi connectivity index (χ3n) is 3.97. The Bertz CT molecular complexity index is 716. The van der Waals surface area contributed by atoms with Crippen LogP contribution in [0.5, 0.6) is 5.75 Å². The number of methoxy groups -OCH3 is 1. The van der Waals surface area contributed by atoms with Crippen molar-refractivity contribution in [1.82, 2.24) is 15.1 Å². The first-order chi connectivity index (χ1) is 11.1. The second kappa shape index (κ2) is 6.37. The molecule has 3 rings (SSSR count). The van der Waals surface area contributed by atoms with E-state index in [1.807, 2.05) is 13.1 Å². The molecule has 1 aromatic heterocycles. The van der Waals surface area contributed by atoms with Crippen molar-refractivity contribution in [2.45, 2.75) is 18.6 Å². The average Bonchev–Trinajstić information content (AvgIpc) is 3.15. The van der Waals surface area contributed by atoms with Crippen molar-refractivity contribution in [2.24, 2.45) is 7.05 Å². The number of nitrogens with zero attached hydrogens (tertiary/aromatic N) is 2. The highest BCUT2D eigenvalue weighted by atomic mass is 19.1. The maximum absolute atomic E-state index is 13.7. The lowest BCUT2D eigenvalue weighted by atomic mass is 10.1. The highest BCUT2D eigenvalue weighted by Crippen LogP contribution is 2.29. The molecule has 7 heteroatoms. The number of hydrogen-bond donors (Lipinski definition) is 1. The Balaban J connectivity index is 1.74. The molecule has 2 aromatic rings. The summed E-state index contributed by atoms with van der Waals surface area (Å²) in [5.74, 6) is -0.793. The van der Waals surface area contributed by atoms with Crippen LogP contribution in [0.3, 0.4) is 0 Å². The van der Waals surface area contributed by atoms with Gasteiger partial charge in [-0.15, -0.1) is 0 Å². The molecule has 23 heavy (non-hydrogen) atoms. The molecule has 0 bridgehead atoms. The van der Waals surface area contributed by atoms with Crippen LogP contribution in [0.25, 0.3) is 0 Å². The summed E-state index contributed by atoms with van der Waals surface area (Å²) in [5.41, 5.74) is 1.15. The second-order valence-electron chi connectivity index (χ2n) is 5.39. The number of carbonyl (C=O) groups is 1. The molecule has 1 N–H and O–H groups in total. The van der Waals surface area contributed by atoms with Crippen LogP contribution in [0, 0.1) is 5.82 Å². The van der Waals surface area contributed by atoms with E-state index in [2.05, 4.69) is 10.4 Å². The van der Waals surface area contributed by atoms with Crippen molar-refractivity contribution in [3.8, 4) is 5.75 Å². The summed E-state index contributed by atoms with van der Waals surface area (Å²) in [6, 6.07) is 5.83. The first-order valence-electron chi connectivity index (χ1n) is 7.34. The van der Waals surface area contributed by atoms with E-state index in [0.29, 0.717) is 13.0 Å². The van der Waals surface area contributed by atoms with Crippen LogP contribution in [-0.2, 0) is 11.8 Å². The van der Waals surface area contributed by atoms with Crippen LogP contribution in [0.15, 0.2) is 30.5 Å². The van der Waals surface area contributed by atoms with E-state index in [1.165, 1.54) is 25.3 Å². The van der Waals surface area contributed by atoms with E-state index in [0.717, 1.165) is 5.69 Å². The summed E-state index contributed by atoms with van der Waals surface area (Å²) >= 11 is 0. The number of benzene rings is 1. The molecule has 1 aromatic carbocycles. The molecule has 1 saturated heterocycles. The zero-order valence-electron chi connectivity index (χ0n) is 13.0. The zero-order chi connectivity index (χ0) is 16.4. The Labute approximate surface area is 133 Å². The second-order valence-corrected chi connectivity index (χ2v) is 5.39. The van der Waals surface area contributed by atoms with Gasteiger partial charge in [0.15, 0.2) is 11.6 Å². The predicted molar refractivity (Wildman–Crippen MR) is 80.7 cm³/mol. The third kappa shape index (κ3) is 3.05. The lowest BCUT2D eigenvalue weighted by Gasteiger charge is -2.20. The van der Waals surface area contributed by atoms with E-state index in [-0.39, 0.29) is 29.4 Å². The minimum absolute atomic E-state index is 0.110. The number of rotatable bonds is 4. The van der Waals surface area contributed by atoms with E-state index in [4.69, 9.17) is 9.47 Å². The van der Waals surface area contributed by atoms with E-state index in [9.17, 15) is 9.18 Å². The van der Waals surface area contributed by atoms with Gasteiger partial charge >= 0.3 is 0 Å². The summed E-state index contributed by atoms with van der Waals surface area (Å²) in [5, 5.41) is 7.04. The molecule has 1 aliphatic heterocycles. The molecule has 1 amide bonds. The number of aryl methyl sites for hydroxylation is 1. The van der Waals surface area contributed by atoms with Gasteiger partial charge in [-0.3, -0.25) is 9.48 Å². The Morgan fingerprint density at radius 2 is 2.30 bits per heavy atom. The molecule has 2 heterocycles. The minimum atomic E-state index is -0.564. The Kier molecular flexibility index (Phi) is 4.29. The molecule has 0 saturated carbocycles. The fraction of sp³-hybridized carbons (Fsp3) is 0.375. The third-order valence-corrected chi connectivity index (χ3v) is 3.97. The number of ether oxygens (including phenoxy) is 2. The van der Waals surface area contributed by atoms with Gasteiger partial charge in [0.05, 0.1) is 18.8 Å². The van der Waals surface area contributed by atoms with Gasteiger partial charge in [0.2, 0.25) is 0 Å². The minimum Gasteiger partial charge on any atom is -0.494 e. The lowest BCUT2D eigenvalue weighted by Crippen LogP contribution is -2.37. The van der Waals surface area contributed by atoms with Gasteiger partial charge in [-0.25, -0.2) is 4.39 Å². The van der Waals surface area contributed by atoms with E-state index in [1.54, 1.807) is 10.9 Å². The molecule has 2 atom stereocenters. The molecule has 122 valence electrons. The fourth-order valence-corrected chi connectivity index (χ4v) is 2.75. The first kappa shape index (κ1) is 15.5. The molecule has 0 unspecified atom stereocenters. The normalized spacial score (nSPS) is 20.5. The Morgan fingerprint density at radius 3 is 2.96 bits per heavy atom. The highest BCUT2D eigenvalue weighted by Gasteiger charge is 2.33. The number of nitrogens with one attached hydrogen (secondary N) is 1. The topological polar surface area (TPSA) is 65.4 Å². The zero-order valence-corrected chi connectivity index (χ0v) is 13.0. The summed E-state index contributed by atoms with van der Waals surface area (Å²) in [6.07, 6.45) is 2.13. The largest absolute Gasteiger partial charge is 0.494 e. The van der Waals surface area contributed by atoms with Crippen molar-refractivity contribution in [2.75, 3.05) is 13.7 Å². The van der Waals surface area contributed by atoms with Crippen molar-refractivity contribution >= 4 is 5.91 Å². The molecule has 1 fully saturated rings. The van der Waals surface area contributed by atoms with Crippen LogP contribution in [0.2, 0.25) is 0 Å². The SMILES string of the molecule is COc1ccc(C(=O)N[C@H]2CCO[C@@H]2c2ccnn2C)cc1F. The monoisotopic (exact) mass is 319 g/mol. The van der Waals surface area contributed by atoms with Gasteiger partial charge < -0.3 is 14.8 Å². The molecule has 0 aliphatic carbocycles. The number of halogens is 1. The van der Waals surface area contributed by atoms with Crippen molar-refractivity contribution < 1.29 is 18.7 Å². The number of hydrogen-bond acceptors (Lipinski definition) is 4. The number of aromatic nitrogens is 2. The van der Waals surface area contributed by atoms with Crippen molar-refractivity contribution in [3.63, 3.8) is 0 Å². The van der Waals surface area contributed by atoms with Crippen LogP contribution in [-0.4, -0.2) is 35.4 Å². The van der Waals surface area contributed by atoms with Crippen LogP contribution < -0.4 is 10.1 Å². The predicted octanol–water partition coefficient (Wildman–Crippen LogP) is 1.83. The molecular weight excluding hydrogens is 301 g/mol. The summed E-state index contributed by atoms with van der Waals surface area (Å²) in [4.78, 5) is 12.4. The highest BCUT2D eigenvalue weighted by molar-refractivity contribution is 5.94. The standard InChI is InChI=1S/C16H18FN3O3/c1-20-13(5-7-18-20)15-12(6-8-23-15)19-16(21)10-3-4-14(22-2)11(17)9-10/h3-5,7,9,12,15H,6,8H2,1-2H3,(H,19,21)/t12-,15-/m0/s1. The Morgan fingerprint density at radius 1 is 1.48 bits per heavy atom. The molecule has 0 spiro atoms. The fourth-order valence-electron chi connectivity index (χ4n) is 2.75. The summed E-state index contributed by atoms with van der Waals surface area (Å²) in [7, 11) is 3.21. The van der Waals surface area contributed by atoms with E-state index >= 15 is 0 Å². The van der Waals surface area contributed by atoms with Gasteiger partial charge in [0.1, 0.15) is 6.10 Å². The smallest absolute Gasteiger partial charge is 0.251 e. The summed E-state index contributed by atoms with van der Waals surface area (Å²) in [6.45, 7) is 0.553. The van der Waals surface area contributed by atoms with Crippen LogP contribution in [0.1, 0.15) is 28.6 Å². The first-order valence-corrected chi connectivity index (χ1v) is 7.34. The van der Waals surface area contributed by atoms with Gasteiger partial charge in [0, 0.05) is 25.4 Å². The van der Waals surface area contributed by atoms with Gasteiger partial charge in [0.25, 0.3) is 5.91 Å². The molecule has 1 aliphatic rings. The van der Waals surface area contributed by atoms with Crippen LogP contribution >= 0.6 is 0 Å². The Hall–Kier alpha value is -2.41. The van der Waals surface area contributed by atoms with Gasteiger partial charge in [-0.1, -0.05) is 0 Å². The summed E-state index contributed by atoms with van der Waals surface area (Å²) < 4.78 is 26.0. The molecular formula is C16H18FN3O3. The van der Waals surface area contributed by atoms with E-state index < -0.39 is 5.82 Å². The number of carbonyl (C=O) groups excluding carboxylic acids is 1. The molecule has 6 nitrogen and oxygen atoms in total. The maximum Gasteiger partial charge on any atom is 0.251 e. The van der Waals surface area contributed by atoms with Crippen molar-refractivity contribution in [1.29, 1.82) is 0 Å². The van der Waals surface area contributed by atoms with Gasteiger partial charge in [-0.05, 0) is 30.7 Å².